The molecule has 0 atom stereocenters. The van der Waals surface area contributed by atoms with Crippen LogP contribution in [0.2, 0.25) is 0 Å². The Kier molecular flexibility index (Phi) is 4.80. The molecule has 19 heavy (non-hydrogen) atoms. The third kappa shape index (κ3) is 3.64. The first-order chi connectivity index (χ1) is 8.86. The van der Waals surface area contributed by atoms with E-state index < -0.39 is 10.8 Å². The summed E-state index contributed by atoms with van der Waals surface area (Å²) in [4.78, 5) is 27.8. The van der Waals surface area contributed by atoms with E-state index in [0.29, 0.717) is 13.1 Å². The quantitative estimate of drug-likeness (QED) is 0.645. The number of nitrogens with two attached hydrogens (primary N) is 1. The van der Waals surface area contributed by atoms with E-state index >= 15 is 0 Å². The topological polar surface area (TPSA) is 102 Å². The average molecular weight is 266 g/mol. The van der Waals surface area contributed by atoms with Crippen LogP contribution in [0.15, 0.2) is 12.3 Å². The Balaban J connectivity index is 3.16. The van der Waals surface area contributed by atoms with Gasteiger partial charge in [-0.2, -0.15) is 0 Å². The summed E-state index contributed by atoms with van der Waals surface area (Å²) in [7, 11) is 0. The molecule has 0 unspecified atom stereocenters. The maximum atomic E-state index is 12.3. The number of nitro groups is 1. The second-order valence-corrected chi connectivity index (χ2v) is 4.62. The predicted octanol–water partition coefficient (Wildman–Crippen LogP) is 1.69. The number of carbonyl (C=O) groups is 1. The van der Waals surface area contributed by atoms with Gasteiger partial charge in [-0.3, -0.25) is 14.9 Å². The van der Waals surface area contributed by atoms with Crippen molar-refractivity contribution in [2.24, 2.45) is 5.92 Å². The first-order valence-corrected chi connectivity index (χ1v) is 6.06. The zero-order valence-corrected chi connectivity index (χ0v) is 11.3. The number of nitrogens with zero attached hydrogens (tertiary/aromatic N) is 3. The van der Waals surface area contributed by atoms with E-state index in [1.807, 2.05) is 20.8 Å². The van der Waals surface area contributed by atoms with E-state index in [0.717, 1.165) is 6.20 Å². The van der Waals surface area contributed by atoms with Gasteiger partial charge in [-0.05, 0) is 18.9 Å². The lowest BCUT2D eigenvalue weighted by atomic mass is 10.1. The van der Waals surface area contributed by atoms with Crippen molar-refractivity contribution < 1.29 is 9.72 Å². The van der Waals surface area contributed by atoms with Crippen molar-refractivity contribution in [3.8, 4) is 0 Å². The zero-order valence-electron chi connectivity index (χ0n) is 11.3. The number of aromatic nitrogens is 1. The van der Waals surface area contributed by atoms with Crippen molar-refractivity contribution in [3.63, 3.8) is 0 Å². The van der Waals surface area contributed by atoms with Crippen LogP contribution in [-0.4, -0.2) is 33.8 Å². The standard InChI is InChI=1S/C12H18N4O3/c1-4-15(7-8(2)3)12(17)9-5-11(13)14-6-10(9)16(18)19/h5-6,8H,4,7H2,1-3H3,(H2,13,14). The molecular weight excluding hydrogens is 248 g/mol. The highest BCUT2D eigenvalue weighted by Gasteiger charge is 2.25. The Morgan fingerprint density at radius 2 is 2.21 bits per heavy atom. The average Bonchev–Trinajstić information content (AvgIpc) is 2.34. The summed E-state index contributed by atoms with van der Waals surface area (Å²) in [5.41, 5.74) is 5.17. The van der Waals surface area contributed by atoms with Crippen molar-refractivity contribution in [1.82, 2.24) is 9.88 Å². The molecule has 1 aromatic heterocycles. The Hall–Kier alpha value is -2.18. The van der Waals surface area contributed by atoms with Crippen LogP contribution in [0.3, 0.4) is 0 Å². The summed E-state index contributed by atoms with van der Waals surface area (Å²) in [6.07, 6.45) is 1.02. The molecule has 7 heteroatoms. The Labute approximate surface area is 111 Å². The molecule has 0 saturated carbocycles. The Morgan fingerprint density at radius 3 is 2.68 bits per heavy atom. The zero-order chi connectivity index (χ0) is 14.6. The Bertz CT molecular complexity index is 488. The molecule has 0 spiro atoms. The molecule has 1 heterocycles. The van der Waals surface area contributed by atoms with Gasteiger partial charge in [-0.1, -0.05) is 13.8 Å². The fourth-order valence-electron chi connectivity index (χ4n) is 1.75. The van der Waals surface area contributed by atoms with Crippen LogP contribution < -0.4 is 5.73 Å². The third-order valence-electron chi connectivity index (χ3n) is 2.59. The highest BCUT2D eigenvalue weighted by atomic mass is 16.6. The maximum absolute atomic E-state index is 12.3. The molecule has 0 aliphatic heterocycles. The normalized spacial score (nSPS) is 10.5. The molecule has 0 radical (unpaired) electrons. The lowest BCUT2D eigenvalue weighted by Crippen LogP contribution is -2.34. The summed E-state index contributed by atoms with van der Waals surface area (Å²) in [5, 5.41) is 10.9. The molecule has 1 aromatic rings. The number of carbonyl (C=O) groups excluding carboxylic acids is 1. The molecule has 1 rings (SSSR count). The molecule has 0 saturated heterocycles. The van der Waals surface area contributed by atoms with E-state index in [-0.39, 0.29) is 23.0 Å². The van der Waals surface area contributed by atoms with Gasteiger partial charge in [0, 0.05) is 13.1 Å². The predicted molar refractivity (Wildman–Crippen MR) is 71.7 cm³/mol. The van der Waals surface area contributed by atoms with E-state index in [1.165, 1.54) is 6.07 Å². The van der Waals surface area contributed by atoms with Gasteiger partial charge >= 0.3 is 0 Å². The van der Waals surface area contributed by atoms with Crippen LogP contribution in [0.25, 0.3) is 0 Å². The highest BCUT2D eigenvalue weighted by Crippen LogP contribution is 2.21. The van der Waals surface area contributed by atoms with E-state index in [1.54, 1.807) is 4.90 Å². The molecule has 0 fully saturated rings. The van der Waals surface area contributed by atoms with Gasteiger partial charge in [0.25, 0.3) is 11.6 Å². The van der Waals surface area contributed by atoms with Gasteiger partial charge in [0.2, 0.25) is 0 Å². The molecule has 7 nitrogen and oxygen atoms in total. The van der Waals surface area contributed by atoms with Crippen molar-refractivity contribution in [2.75, 3.05) is 18.8 Å². The van der Waals surface area contributed by atoms with Gasteiger partial charge in [-0.15, -0.1) is 0 Å². The lowest BCUT2D eigenvalue weighted by molar-refractivity contribution is -0.385. The lowest BCUT2D eigenvalue weighted by Gasteiger charge is -2.22. The smallest absolute Gasteiger partial charge is 0.300 e. The van der Waals surface area contributed by atoms with Crippen LogP contribution in [0, 0.1) is 16.0 Å². The monoisotopic (exact) mass is 266 g/mol. The van der Waals surface area contributed by atoms with E-state index in [9.17, 15) is 14.9 Å². The van der Waals surface area contributed by atoms with Crippen LogP contribution in [0.4, 0.5) is 11.5 Å². The second-order valence-electron chi connectivity index (χ2n) is 4.62. The summed E-state index contributed by atoms with van der Waals surface area (Å²) in [6.45, 7) is 6.80. The second kappa shape index (κ2) is 6.12. The minimum absolute atomic E-state index is 0.0139. The van der Waals surface area contributed by atoms with Gasteiger partial charge in [-0.25, -0.2) is 4.98 Å². The minimum atomic E-state index is -0.622. The highest BCUT2D eigenvalue weighted by molar-refractivity contribution is 5.98. The van der Waals surface area contributed by atoms with Gasteiger partial charge in [0.05, 0.1) is 4.92 Å². The summed E-state index contributed by atoms with van der Waals surface area (Å²) in [5.74, 6) is -0.0197. The summed E-state index contributed by atoms with van der Waals surface area (Å²) in [6, 6.07) is 1.25. The van der Waals surface area contributed by atoms with Crippen LogP contribution in [-0.2, 0) is 0 Å². The number of nitrogen functional groups attached to an aromatic ring is 1. The van der Waals surface area contributed by atoms with Crippen molar-refractivity contribution in [3.05, 3.63) is 27.9 Å². The van der Waals surface area contributed by atoms with Crippen molar-refractivity contribution in [1.29, 1.82) is 0 Å². The van der Waals surface area contributed by atoms with E-state index in [4.69, 9.17) is 5.73 Å². The molecule has 1 amide bonds. The number of hydrogen-bond donors (Lipinski definition) is 1. The molecule has 0 aliphatic carbocycles. The third-order valence-corrected chi connectivity index (χ3v) is 2.59. The molecular formula is C12H18N4O3. The number of amides is 1. The van der Waals surface area contributed by atoms with Crippen LogP contribution >= 0.6 is 0 Å². The van der Waals surface area contributed by atoms with Crippen molar-refractivity contribution >= 4 is 17.4 Å². The van der Waals surface area contributed by atoms with E-state index in [2.05, 4.69) is 4.98 Å². The fraction of sp³-hybridized carbons (Fsp3) is 0.500. The maximum Gasteiger partial charge on any atom is 0.300 e. The summed E-state index contributed by atoms with van der Waals surface area (Å²) < 4.78 is 0. The molecule has 2 N–H and O–H groups in total. The first kappa shape index (κ1) is 14.9. The van der Waals surface area contributed by atoms with Crippen LogP contribution in [0.5, 0.6) is 0 Å². The number of pyridine rings is 1. The molecule has 0 bridgehead atoms. The number of hydrogen-bond acceptors (Lipinski definition) is 5. The SMILES string of the molecule is CCN(CC(C)C)C(=O)c1cc(N)ncc1[N+](=O)[O-]. The fourth-order valence-corrected chi connectivity index (χ4v) is 1.75. The van der Waals surface area contributed by atoms with Crippen LogP contribution in [0.1, 0.15) is 31.1 Å². The minimum Gasteiger partial charge on any atom is -0.384 e. The van der Waals surface area contributed by atoms with Gasteiger partial charge in [0.1, 0.15) is 17.6 Å². The molecule has 0 aliphatic rings. The summed E-state index contributed by atoms with van der Waals surface area (Å²) >= 11 is 0. The van der Waals surface area contributed by atoms with Crippen molar-refractivity contribution in [2.45, 2.75) is 20.8 Å². The number of anilines is 1. The largest absolute Gasteiger partial charge is 0.384 e. The van der Waals surface area contributed by atoms with Gasteiger partial charge in [0.15, 0.2) is 0 Å². The molecule has 104 valence electrons. The number of rotatable bonds is 5. The molecule has 0 aromatic carbocycles. The van der Waals surface area contributed by atoms with Gasteiger partial charge < -0.3 is 10.6 Å². The first-order valence-electron chi connectivity index (χ1n) is 6.06. The Morgan fingerprint density at radius 1 is 1.58 bits per heavy atom.